The summed E-state index contributed by atoms with van der Waals surface area (Å²) in [7, 11) is 0. The lowest BCUT2D eigenvalue weighted by Crippen LogP contribution is -1.99. The number of hydrogen-bond donors (Lipinski definition) is 1. The Balaban J connectivity index is 2.17. The van der Waals surface area contributed by atoms with Crippen LogP contribution in [0.2, 0.25) is 0 Å². The summed E-state index contributed by atoms with van der Waals surface area (Å²) >= 11 is 0. The number of pyridine rings is 1. The molecular formula is C16H15N3. The Morgan fingerprint density at radius 1 is 1.00 bits per heavy atom. The summed E-state index contributed by atoms with van der Waals surface area (Å²) in [6.45, 7) is 2.09. The molecule has 3 nitrogen and oxygen atoms in total. The van der Waals surface area contributed by atoms with Crippen molar-refractivity contribution in [1.29, 1.82) is 0 Å². The minimum atomic E-state index is 0.775. The van der Waals surface area contributed by atoms with Crippen molar-refractivity contribution in [2.45, 2.75) is 6.92 Å². The van der Waals surface area contributed by atoms with Gasteiger partial charge in [0.05, 0.1) is 5.69 Å². The number of hydrogen-bond acceptors (Lipinski definition) is 2. The van der Waals surface area contributed by atoms with E-state index in [2.05, 4.69) is 34.7 Å². The molecule has 0 aliphatic carbocycles. The fourth-order valence-corrected chi connectivity index (χ4v) is 2.24. The number of aromatic nitrogens is 2. The van der Waals surface area contributed by atoms with E-state index in [-0.39, 0.29) is 0 Å². The molecule has 3 rings (SSSR count). The monoisotopic (exact) mass is 249 g/mol. The van der Waals surface area contributed by atoms with Crippen LogP contribution in [0.3, 0.4) is 0 Å². The van der Waals surface area contributed by atoms with Crippen molar-refractivity contribution in [3.63, 3.8) is 0 Å². The first-order valence-electron chi connectivity index (χ1n) is 6.20. The zero-order chi connectivity index (χ0) is 13.2. The van der Waals surface area contributed by atoms with Crippen LogP contribution in [0.25, 0.3) is 16.9 Å². The number of anilines is 1. The van der Waals surface area contributed by atoms with Gasteiger partial charge in [-0.3, -0.25) is 4.98 Å². The Kier molecular flexibility index (Phi) is 2.80. The SMILES string of the molecule is Cc1ccc(-c2cccnc2)n1-c1ccc(N)cc1. The topological polar surface area (TPSA) is 43.8 Å². The van der Waals surface area contributed by atoms with Crippen LogP contribution in [0.5, 0.6) is 0 Å². The molecule has 0 spiro atoms. The lowest BCUT2D eigenvalue weighted by atomic mass is 10.2. The maximum Gasteiger partial charge on any atom is 0.0546 e. The molecule has 0 saturated heterocycles. The standard InChI is InChI=1S/C16H15N3/c1-12-4-9-16(13-3-2-10-18-11-13)19(12)15-7-5-14(17)6-8-15/h2-11H,17H2,1H3. The molecule has 0 amide bonds. The average Bonchev–Trinajstić information content (AvgIpc) is 2.83. The highest BCUT2D eigenvalue weighted by Crippen LogP contribution is 2.26. The third-order valence-corrected chi connectivity index (χ3v) is 3.18. The minimum absolute atomic E-state index is 0.775. The zero-order valence-corrected chi connectivity index (χ0v) is 10.7. The van der Waals surface area contributed by atoms with Crippen LogP contribution < -0.4 is 5.73 Å². The van der Waals surface area contributed by atoms with Crippen molar-refractivity contribution in [2.24, 2.45) is 0 Å². The Morgan fingerprint density at radius 3 is 2.47 bits per heavy atom. The molecule has 0 fully saturated rings. The third kappa shape index (κ3) is 2.10. The Labute approximate surface area is 112 Å². The third-order valence-electron chi connectivity index (χ3n) is 3.18. The predicted octanol–water partition coefficient (Wildman–Crippen LogP) is 3.43. The van der Waals surface area contributed by atoms with Crippen molar-refractivity contribution < 1.29 is 0 Å². The second kappa shape index (κ2) is 4.61. The minimum Gasteiger partial charge on any atom is -0.399 e. The van der Waals surface area contributed by atoms with Gasteiger partial charge in [-0.15, -0.1) is 0 Å². The Hall–Kier alpha value is -2.55. The molecule has 3 aromatic rings. The summed E-state index contributed by atoms with van der Waals surface area (Å²) in [5.41, 5.74) is 11.1. The highest BCUT2D eigenvalue weighted by atomic mass is 15.0. The van der Waals surface area contributed by atoms with Crippen LogP contribution >= 0.6 is 0 Å². The summed E-state index contributed by atoms with van der Waals surface area (Å²) in [5.74, 6) is 0. The van der Waals surface area contributed by atoms with E-state index in [4.69, 9.17) is 5.73 Å². The van der Waals surface area contributed by atoms with Gasteiger partial charge in [0.2, 0.25) is 0 Å². The average molecular weight is 249 g/mol. The van der Waals surface area contributed by atoms with Crippen LogP contribution in [0.4, 0.5) is 5.69 Å². The summed E-state index contributed by atoms with van der Waals surface area (Å²) in [6, 6.07) is 16.1. The molecule has 0 unspecified atom stereocenters. The number of benzene rings is 1. The molecular weight excluding hydrogens is 234 g/mol. The van der Waals surface area contributed by atoms with Gasteiger partial charge in [0.1, 0.15) is 0 Å². The highest BCUT2D eigenvalue weighted by Gasteiger charge is 2.09. The number of nitrogen functional groups attached to an aromatic ring is 1. The quantitative estimate of drug-likeness (QED) is 0.707. The number of rotatable bonds is 2. The van der Waals surface area contributed by atoms with Crippen molar-refractivity contribution in [3.8, 4) is 16.9 Å². The number of aryl methyl sites for hydroxylation is 1. The van der Waals surface area contributed by atoms with Crippen LogP contribution in [0, 0.1) is 6.92 Å². The van der Waals surface area contributed by atoms with Gasteiger partial charge in [-0.2, -0.15) is 0 Å². The number of nitrogens with two attached hydrogens (primary N) is 1. The zero-order valence-electron chi connectivity index (χ0n) is 10.7. The van der Waals surface area contributed by atoms with Crippen LogP contribution in [-0.4, -0.2) is 9.55 Å². The lowest BCUT2D eigenvalue weighted by Gasteiger charge is -2.12. The van der Waals surface area contributed by atoms with E-state index in [1.165, 1.54) is 5.69 Å². The van der Waals surface area contributed by atoms with Gasteiger partial charge in [-0.25, -0.2) is 0 Å². The predicted molar refractivity (Wildman–Crippen MR) is 78.1 cm³/mol. The molecule has 0 atom stereocenters. The van der Waals surface area contributed by atoms with Gasteiger partial charge in [0.25, 0.3) is 0 Å². The lowest BCUT2D eigenvalue weighted by molar-refractivity contribution is 1.02. The van der Waals surface area contributed by atoms with E-state index in [1.54, 1.807) is 6.20 Å². The molecule has 3 heteroatoms. The van der Waals surface area contributed by atoms with Gasteiger partial charge in [0.15, 0.2) is 0 Å². The first-order chi connectivity index (χ1) is 9.25. The molecule has 94 valence electrons. The molecule has 2 N–H and O–H groups in total. The summed E-state index contributed by atoms with van der Waals surface area (Å²) in [5, 5.41) is 0. The molecule has 1 aromatic carbocycles. The fourth-order valence-electron chi connectivity index (χ4n) is 2.24. The van der Waals surface area contributed by atoms with E-state index in [9.17, 15) is 0 Å². The summed E-state index contributed by atoms with van der Waals surface area (Å²) in [4.78, 5) is 4.19. The smallest absolute Gasteiger partial charge is 0.0546 e. The van der Waals surface area contributed by atoms with E-state index in [0.29, 0.717) is 0 Å². The van der Waals surface area contributed by atoms with Crippen molar-refractivity contribution in [2.75, 3.05) is 5.73 Å². The molecule has 19 heavy (non-hydrogen) atoms. The van der Waals surface area contributed by atoms with Gasteiger partial charge < -0.3 is 10.3 Å². The Bertz CT molecular complexity index is 682. The first kappa shape index (κ1) is 11.5. The van der Waals surface area contributed by atoms with Crippen molar-refractivity contribution >= 4 is 5.69 Å². The molecule has 2 heterocycles. The molecule has 0 radical (unpaired) electrons. The van der Waals surface area contributed by atoms with Crippen molar-refractivity contribution in [1.82, 2.24) is 9.55 Å². The molecule has 0 saturated carbocycles. The second-order valence-electron chi connectivity index (χ2n) is 4.53. The maximum atomic E-state index is 5.75. The van der Waals surface area contributed by atoms with E-state index in [0.717, 1.165) is 22.6 Å². The largest absolute Gasteiger partial charge is 0.399 e. The fraction of sp³-hybridized carbons (Fsp3) is 0.0625. The number of nitrogens with zero attached hydrogens (tertiary/aromatic N) is 2. The van der Waals surface area contributed by atoms with Gasteiger partial charge in [-0.1, -0.05) is 0 Å². The molecule has 0 bridgehead atoms. The molecule has 0 aliphatic rings. The Morgan fingerprint density at radius 2 is 1.79 bits per heavy atom. The van der Waals surface area contributed by atoms with E-state index >= 15 is 0 Å². The van der Waals surface area contributed by atoms with E-state index in [1.807, 2.05) is 36.5 Å². The van der Waals surface area contributed by atoms with Crippen molar-refractivity contribution in [3.05, 3.63) is 66.6 Å². The summed E-state index contributed by atoms with van der Waals surface area (Å²) < 4.78 is 2.20. The van der Waals surface area contributed by atoms with Crippen LogP contribution in [0.15, 0.2) is 60.9 Å². The van der Waals surface area contributed by atoms with Crippen LogP contribution in [0.1, 0.15) is 5.69 Å². The van der Waals surface area contributed by atoms with Gasteiger partial charge >= 0.3 is 0 Å². The van der Waals surface area contributed by atoms with E-state index < -0.39 is 0 Å². The second-order valence-corrected chi connectivity index (χ2v) is 4.53. The molecule has 2 aromatic heterocycles. The highest BCUT2D eigenvalue weighted by molar-refractivity contribution is 5.63. The molecule has 0 aliphatic heterocycles. The first-order valence-corrected chi connectivity index (χ1v) is 6.20. The summed E-state index contributed by atoms with van der Waals surface area (Å²) in [6.07, 6.45) is 3.66. The van der Waals surface area contributed by atoms with Gasteiger partial charge in [0, 0.05) is 35.0 Å². The normalized spacial score (nSPS) is 10.6. The van der Waals surface area contributed by atoms with Gasteiger partial charge in [-0.05, 0) is 55.5 Å². The maximum absolute atomic E-state index is 5.75. The van der Waals surface area contributed by atoms with Crippen LogP contribution in [-0.2, 0) is 0 Å².